The molecule has 110 valence electrons. The van der Waals surface area contributed by atoms with Gasteiger partial charge in [-0.05, 0) is 0 Å². The summed E-state index contributed by atoms with van der Waals surface area (Å²) in [6.45, 7) is 1.75. The quantitative estimate of drug-likeness (QED) is 0.0817. The molecule has 0 atom stereocenters. The third kappa shape index (κ3) is 17.8. The van der Waals surface area contributed by atoms with Crippen molar-refractivity contribution in [1.82, 2.24) is 0 Å². The van der Waals surface area contributed by atoms with E-state index >= 15 is 0 Å². The van der Waals surface area contributed by atoms with Crippen molar-refractivity contribution in [3.8, 4) is 0 Å². The molecule has 10 heteroatoms. The lowest BCUT2D eigenvalue weighted by Crippen LogP contribution is -2.39. The molecule has 8 nitrogen and oxygen atoms in total. The Bertz CT molecular complexity index is 339. The first kappa shape index (κ1) is 19.8. The molecular weight excluding hydrogens is 280 g/mol. The van der Waals surface area contributed by atoms with E-state index in [1.54, 1.807) is 0 Å². The van der Waals surface area contributed by atoms with Gasteiger partial charge in [0, 0.05) is 13.0 Å². The zero-order valence-electron chi connectivity index (χ0n) is 10.9. The number of rotatable bonds is 6. The van der Waals surface area contributed by atoms with Gasteiger partial charge in [-0.3, -0.25) is 9.18 Å². The highest BCUT2D eigenvalue weighted by Gasteiger charge is 2.10. The van der Waals surface area contributed by atoms with Crippen LogP contribution < -0.4 is 11.5 Å². The fraction of sp³-hybridized carbons (Fsp3) is 0.875. The van der Waals surface area contributed by atoms with E-state index in [9.17, 15) is 13.0 Å². The lowest BCUT2D eigenvalue weighted by atomic mass is 10.4. The largest absolute Gasteiger partial charge is 0.726 e. The first-order valence-corrected chi connectivity index (χ1v) is 7.00. The predicted molar refractivity (Wildman–Crippen MR) is 72.8 cm³/mol. The highest BCUT2D eigenvalue weighted by Crippen LogP contribution is 2.00. The first-order chi connectivity index (χ1) is 8.04. The summed E-state index contributed by atoms with van der Waals surface area (Å²) in [5.41, 5.74) is 10.4. The Morgan fingerprint density at radius 3 is 2.17 bits per heavy atom. The Morgan fingerprint density at radius 2 is 1.89 bits per heavy atom. The molecule has 0 aliphatic heterocycles. The van der Waals surface area contributed by atoms with Crippen LogP contribution in [0.15, 0.2) is 4.99 Å². The van der Waals surface area contributed by atoms with Crippen LogP contribution in [0.3, 0.4) is 0 Å². The third-order valence-corrected chi connectivity index (χ3v) is 2.98. The van der Waals surface area contributed by atoms with Crippen LogP contribution in [-0.4, -0.2) is 63.6 Å². The minimum Gasteiger partial charge on any atom is -0.726 e. The number of thiol groups is 1. The van der Waals surface area contributed by atoms with Crippen molar-refractivity contribution in [1.29, 1.82) is 0 Å². The second-order valence-electron chi connectivity index (χ2n) is 4.04. The maximum Gasteiger partial charge on any atom is 0.217 e. The van der Waals surface area contributed by atoms with Crippen LogP contribution in [0.1, 0.15) is 6.42 Å². The van der Waals surface area contributed by atoms with Crippen LogP contribution in [0.25, 0.3) is 0 Å². The summed E-state index contributed by atoms with van der Waals surface area (Å²) >= 11 is 4.23. The van der Waals surface area contributed by atoms with Crippen LogP contribution in [0.5, 0.6) is 0 Å². The topological polar surface area (TPSA) is 131 Å². The Labute approximate surface area is 114 Å². The van der Waals surface area contributed by atoms with Crippen molar-refractivity contribution >= 4 is 29.0 Å². The summed E-state index contributed by atoms with van der Waals surface area (Å²) in [4.78, 5) is 3.90. The van der Waals surface area contributed by atoms with Crippen LogP contribution in [0.2, 0.25) is 0 Å². The lowest BCUT2D eigenvalue weighted by Gasteiger charge is -2.26. The molecule has 0 saturated carbocycles. The van der Waals surface area contributed by atoms with Crippen LogP contribution in [0, 0.1) is 0 Å². The van der Waals surface area contributed by atoms with Crippen molar-refractivity contribution in [3.05, 3.63) is 0 Å². The molecule has 0 amide bonds. The molecule has 0 aliphatic carbocycles. The van der Waals surface area contributed by atoms with E-state index in [4.69, 9.17) is 11.5 Å². The van der Waals surface area contributed by atoms with Gasteiger partial charge < -0.3 is 20.5 Å². The minimum absolute atomic E-state index is 0.172. The van der Waals surface area contributed by atoms with Gasteiger partial charge >= 0.3 is 0 Å². The Hall–Kier alpha value is -0.550. The summed E-state index contributed by atoms with van der Waals surface area (Å²) in [5.74, 6) is 1.01. The smallest absolute Gasteiger partial charge is 0.217 e. The Morgan fingerprint density at radius 1 is 1.44 bits per heavy atom. The standard InChI is InChI=1S/C7H18N4S.CH4O4S/c1-11(2,6-12)5-3-4-10-7(8)9;1-5-6(2,3)4/h3-6H2,1-2H3,(H4-,8,9,10,12);1H3,(H,2,3,4). The number of nitrogens with two attached hydrogens (primary N) is 2. The Balaban J connectivity index is 0. The number of nitrogens with zero attached hydrogens (tertiary/aromatic N) is 2. The molecule has 0 fully saturated rings. The molecule has 0 unspecified atom stereocenters. The molecule has 0 aromatic heterocycles. The van der Waals surface area contributed by atoms with E-state index in [2.05, 4.69) is 35.9 Å². The van der Waals surface area contributed by atoms with E-state index < -0.39 is 10.4 Å². The summed E-state index contributed by atoms with van der Waals surface area (Å²) in [5, 5.41) is 0. The summed E-state index contributed by atoms with van der Waals surface area (Å²) in [6, 6.07) is 0. The van der Waals surface area contributed by atoms with Crippen LogP contribution >= 0.6 is 12.6 Å². The molecule has 0 radical (unpaired) electrons. The maximum atomic E-state index is 9.22. The molecule has 0 heterocycles. The number of hydrogen-bond acceptors (Lipinski definition) is 6. The van der Waals surface area contributed by atoms with Crippen molar-refractivity contribution in [2.75, 3.05) is 40.2 Å². The van der Waals surface area contributed by atoms with Crippen molar-refractivity contribution in [2.45, 2.75) is 6.42 Å². The maximum absolute atomic E-state index is 9.22. The van der Waals surface area contributed by atoms with Gasteiger partial charge in [-0.15, -0.1) is 12.6 Å². The van der Waals surface area contributed by atoms with E-state index in [0.717, 1.165) is 30.4 Å². The van der Waals surface area contributed by atoms with Gasteiger partial charge in [0.15, 0.2) is 5.96 Å². The monoisotopic (exact) mass is 302 g/mol. The molecule has 0 rings (SSSR count). The number of hydrogen-bond donors (Lipinski definition) is 3. The van der Waals surface area contributed by atoms with Gasteiger partial charge in [-0.25, -0.2) is 8.42 Å². The van der Waals surface area contributed by atoms with E-state index in [1.165, 1.54) is 0 Å². The third-order valence-electron chi connectivity index (χ3n) is 1.80. The fourth-order valence-electron chi connectivity index (χ4n) is 0.778. The molecule has 18 heavy (non-hydrogen) atoms. The molecule has 0 aromatic rings. The first-order valence-electron chi connectivity index (χ1n) is 5.04. The van der Waals surface area contributed by atoms with E-state index in [0.29, 0.717) is 6.54 Å². The van der Waals surface area contributed by atoms with Gasteiger partial charge in [-0.2, -0.15) is 0 Å². The van der Waals surface area contributed by atoms with Crippen molar-refractivity contribution in [2.24, 2.45) is 16.5 Å². The van der Waals surface area contributed by atoms with E-state index in [1.807, 2.05) is 0 Å². The van der Waals surface area contributed by atoms with Crippen LogP contribution in [0.4, 0.5) is 0 Å². The molecule has 0 saturated heterocycles. The van der Waals surface area contributed by atoms with Crippen molar-refractivity contribution in [3.63, 3.8) is 0 Å². The van der Waals surface area contributed by atoms with Gasteiger partial charge in [0.25, 0.3) is 0 Å². The highest BCUT2D eigenvalue weighted by atomic mass is 32.3. The van der Waals surface area contributed by atoms with Gasteiger partial charge in [-0.1, -0.05) is 0 Å². The molecule has 0 bridgehead atoms. The zero-order valence-corrected chi connectivity index (χ0v) is 12.6. The Kier molecular flexibility index (Phi) is 10.3. The molecular formula is C8H22N4O4S2. The minimum atomic E-state index is -4.41. The van der Waals surface area contributed by atoms with Crippen LogP contribution in [-0.2, 0) is 14.6 Å². The van der Waals surface area contributed by atoms with Gasteiger partial charge in [0.2, 0.25) is 10.4 Å². The number of guanidine groups is 1. The average molecular weight is 302 g/mol. The predicted octanol–water partition coefficient (Wildman–Crippen LogP) is -1.29. The average Bonchev–Trinajstić information content (AvgIpc) is 2.24. The van der Waals surface area contributed by atoms with Crippen molar-refractivity contribution < 1.29 is 21.6 Å². The molecule has 4 N–H and O–H groups in total. The molecule has 0 spiro atoms. The second-order valence-corrected chi connectivity index (χ2v) is 5.47. The SMILES string of the molecule is COS(=O)(=O)[O-].C[N+](C)(CS)CCCN=C(N)N. The summed E-state index contributed by atoms with van der Waals surface area (Å²) in [7, 11) is 0.651. The van der Waals surface area contributed by atoms with Gasteiger partial charge in [0.05, 0.1) is 27.7 Å². The second kappa shape index (κ2) is 9.39. The molecule has 0 aliphatic rings. The lowest BCUT2D eigenvalue weighted by molar-refractivity contribution is -0.877. The number of quaternary nitrogens is 1. The van der Waals surface area contributed by atoms with E-state index in [-0.39, 0.29) is 5.96 Å². The number of aliphatic imine (C=N–C) groups is 1. The normalized spacial score (nSPS) is 11.4. The highest BCUT2D eigenvalue weighted by molar-refractivity contribution is 7.80. The summed E-state index contributed by atoms with van der Waals surface area (Å²) < 4.78 is 31.9. The zero-order chi connectivity index (χ0) is 14.8. The molecule has 0 aromatic carbocycles. The summed E-state index contributed by atoms with van der Waals surface area (Å²) in [6.07, 6.45) is 0.992. The fourth-order valence-corrected chi connectivity index (χ4v) is 0.919. The van der Waals surface area contributed by atoms with Gasteiger partial charge in [0.1, 0.15) is 5.88 Å².